The van der Waals surface area contributed by atoms with Crippen LogP contribution < -0.4 is 0 Å². The third-order valence-corrected chi connectivity index (χ3v) is 24.7. The standard InChI is InChI=1S/C8H10O2.C8H12O.C7H8O3.C7H10O2.C7H12O.C6H8O4S.C6H10O2.C6H12O.C5H8O2.C5H10O.C4H6O2.C4H8O.12C2H6/c9-8-6-2-4-1-5(6)7(3-4)10-8;1-5-2-7-6(1)4-9-8(7)3-5;8-7-4-1-3-2-5(10-7)6(4)9-3;8-7-5-2-1-3-6(4-5)9-7;1-2-6-4-7(3-1)8-5-6;7-11(8)5-2-3-1-4(10-11)6(5)9-3;7-6-4-2-1-3-5-8-6;1-2-4-6-7-5-3-1;6-5-3-1-2-4-7-5;1-2-4-6-5-3-1;5-4-2-1-3-6-4;1-2-4-5-3-1;12*1-2/h4-7H,1-3H2;5-8H,1-4H2;3-6H,1-2H2;5-6H,1-4H2;6-7H,1-5H2;3-6H,1-2H2;1-5H2;1-6H2;1-4H2;1-5H2;1-3H2;1-4H2;12*1-2H3. The van der Waals surface area contributed by atoms with E-state index in [1.165, 1.54) is 116 Å². The Hall–Kier alpha value is -3.55. The lowest BCUT2D eigenvalue weighted by atomic mass is 9.90. The Morgan fingerprint density at radius 2 is 0.717 bits per heavy atom. The topological polar surface area (TPSA) is 266 Å². The Bertz CT molecular complexity index is 2440. The van der Waals surface area contributed by atoms with Gasteiger partial charge in [-0.15, -0.1) is 0 Å². The second-order valence-electron chi connectivity index (χ2n) is 30.3. The van der Waals surface area contributed by atoms with E-state index in [2.05, 4.69) is 9.47 Å². The van der Waals surface area contributed by atoms with Gasteiger partial charge in [0.05, 0.1) is 68.6 Å². The van der Waals surface area contributed by atoms with Crippen molar-refractivity contribution in [1.29, 1.82) is 0 Å². The van der Waals surface area contributed by atoms with Crippen LogP contribution >= 0.6 is 0 Å². The van der Waals surface area contributed by atoms with Gasteiger partial charge in [-0.3, -0.25) is 33.0 Å². The largest absolute Gasteiger partial charge is 0.466 e. The van der Waals surface area contributed by atoms with E-state index >= 15 is 0 Å². The van der Waals surface area contributed by atoms with Crippen LogP contribution in [0.4, 0.5) is 0 Å². The van der Waals surface area contributed by atoms with Crippen LogP contribution in [-0.2, 0) is 105 Å². The fraction of sp³-hybridized carbons (Fsp3) is 0.938. The van der Waals surface area contributed by atoms with Crippen molar-refractivity contribution >= 4 is 45.9 Å². The third-order valence-electron chi connectivity index (χ3n) is 23.0. The second kappa shape index (κ2) is 75.6. The van der Waals surface area contributed by atoms with E-state index < -0.39 is 10.1 Å². The molecular weight excluding hydrogens is 1550 g/mol. The van der Waals surface area contributed by atoms with Crippen LogP contribution in [0.2, 0.25) is 0 Å². The van der Waals surface area contributed by atoms with E-state index in [1.54, 1.807) is 0 Å². The van der Waals surface area contributed by atoms with Gasteiger partial charge in [-0.1, -0.05) is 185 Å². The number of esters is 6. The Balaban J connectivity index is 0. The molecule has 0 N–H and O–H groups in total. The van der Waals surface area contributed by atoms with Gasteiger partial charge in [-0.05, 0) is 209 Å². The van der Waals surface area contributed by atoms with Gasteiger partial charge in [0.2, 0.25) is 0 Å². The molecule has 0 aromatic carbocycles. The summed E-state index contributed by atoms with van der Waals surface area (Å²) in [5, 5.41) is -0.355. The maximum Gasteiger partial charge on any atom is 0.312 e. The molecule has 0 spiro atoms. The number of cyclic esters (lactones) is 3. The van der Waals surface area contributed by atoms with Crippen LogP contribution in [0.3, 0.4) is 0 Å². The van der Waals surface area contributed by atoms with Crippen LogP contribution in [-0.4, -0.2) is 183 Å². The highest BCUT2D eigenvalue weighted by molar-refractivity contribution is 7.87. The third kappa shape index (κ3) is 43.8. The minimum Gasteiger partial charge on any atom is -0.466 e. The van der Waals surface area contributed by atoms with Crippen molar-refractivity contribution in [2.24, 2.45) is 53.3 Å². The van der Waals surface area contributed by atoms with Crippen molar-refractivity contribution < 1.29 is 103 Å². The molecule has 20 unspecified atom stereocenters. The molecule has 22 rings (SSSR count). The normalized spacial score (nSPS) is 33.1. The van der Waals surface area contributed by atoms with Crippen molar-refractivity contribution in [2.45, 2.75) is 464 Å². The van der Waals surface area contributed by atoms with Crippen LogP contribution in [0.15, 0.2) is 0 Å². The summed E-state index contributed by atoms with van der Waals surface area (Å²) in [5.74, 6) is 6.09. The number of carbonyl (C=O) groups is 6. The van der Waals surface area contributed by atoms with Crippen molar-refractivity contribution in [1.82, 2.24) is 0 Å². The molecule has 6 aliphatic carbocycles. The summed E-state index contributed by atoms with van der Waals surface area (Å²) in [6, 6.07) is 0. The molecule has 712 valence electrons. The molecule has 6 saturated carbocycles. The van der Waals surface area contributed by atoms with E-state index in [0.717, 1.165) is 172 Å². The van der Waals surface area contributed by atoms with Gasteiger partial charge < -0.3 is 61.6 Å². The Labute approximate surface area is 734 Å². The first-order valence-corrected chi connectivity index (χ1v) is 51.5. The van der Waals surface area contributed by atoms with E-state index in [9.17, 15) is 37.2 Å². The lowest BCUT2D eigenvalue weighted by Gasteiger charge is -2.14. The van der Waals surface area contributed by atoms with Gasteiger partial charge >= 0.3 is 35.8 Å². The molecule has 0 amide bonds. The fourth-order valence-electron chi connectivity index (χ4n) is 18.0. The summed E-state index contributed by atoms with van der Waals surface area (Å²) in [5.41, 5.74) is 0. The van der Waals surface area contributed by atoms with Crippen molar-refractivity contribution in [3.05, 3.63) is 0 Å². The van der Waals surface area contributed by atoms with Crippen LogP contribution in [0.25, 0.3) is 0 Å². The SMILES string of the molecule is C1CC2COC(C1)C2.C1CCCOCC1.C1CCOC1.C1CCOCC1.C1OC2CC3CC1C2C3.CC.CC.CC.CC.CC.CC.CC.CC.CC.CC.CC.CC.O=C1CCCCCO1.O=C1CCCCO1.O=C1CCCO1.O=C1OC2CC3CC1C2C3.O=C1OC2CC3CC1C2O3.O=C1OC2CCCC1C2.O=S1(=O)OC2CC3CC1C2O3. The predicted octanol–water partition coefficient (Wildman–Crippen LogP) is 22.8. The van der Waals surface area contributed by atoms with E-state index in [-0.39, 0.29) is 89.5 Å². The molecule has 22 fully saturated rings. The van der Waals surface area contributed by atoms with E-state index in [4.69, 9.17) is 56.3 Å². The number of fused-ring (bicyclic) bond motifs is 8. The minimum absolute atomic E-state index is 0.0255. The van der Waals surface area contributed by atoms with E-state index in [1.807, 2.05) is 166 Å². The summed E-state index contributed by atoms with van der Waals surface area (Å²) in [6.45, 7) is 58.1. The van der Waals surface area contributed by atoms with Crippen LogP contribution in [0, 0.1) is 53.3 Å². The molecule has 12 bridgehead atoms. The average molecular weight is 1740 g/mol. The first-order chi connectivity index (χ1) is 58.8. The highest BCUT2D eigenvalue weighted by Crippen LogP contribution is 2.55. The van der Waals surface area contributed by atoms with Gasteiger partial charge in [0.25, 0.3) is 10.1 Å². The van der Waals surface area contributed by atoms with Crippen molar-refractivity contribution in [3.63, 3.8) is 0 Å². The van der Waals surface area contributed by atoms with Crippen LogP contribution in [0.5, 0.6) is 0 Å². The summed E-state index contributed by atoms with van der Waals surface area (Å²) < 4.78 is 93.7. The van der Waals surface area contributed by atoms with Crippen molar-refractivity contribution in [2.75, 3.05) is 72.7 Å². The zero-order chi connectivity index (χ0) is 90.6. The minimum atomic E-state index is -3.26. The van der Waals surface area contributed by atoms with E-state index in [0.29, 0.717) is 81.8 Å². The lowest BCUT2D eigenvalue weighted by Crippen LogP contribution is -2.27. The van der Waals surface area contributed by atoms with Gasteiger partial charge in [-0.2, -0.15) is 8.42 Å². The summed E-state index contributed by atoms with van der Waals surface area (Å²) in [7, 11) is -3.26. The quantitative estimate of drug-likeness (QED) is 0.124. The average Bonchev–Trinajstić information content (AvgIpc) is 1.57. The molecule has 16 aliphatic heterocycles. The molecule has 20 atom stereocenters. The molecule has 0 aromatic rings. The fourth-order valence-corrected chi connectivity index (χ4v) is 19.7. The Kier molecular flexibility index (Phi) is 74.6. The van der Waals surface area contributed by atoms with Crippen LogP contribution in [0.1, 0.15) is 397 Å². The van der Waals surface area contributed by atoms with Gasteiger partial charge in [0.1, 0.15) is 41.9 Å². The number of hydrogen-bond donors (Lipinski definition) is 0. The molecule has 22 nitrogen and oxygen atoms in total. The van der Waals surface area contributed by atoms with Gasteiger partial charge in [0.15, 0.2) is 0 Å². The predicted molar refractivity (Wildman–Crippen MR) is 483 cm³/mol. The number of ether oxygens (including phenoxy) is 13. The molecule has 22 aliphatic rings. The Morgan fingerprint density at radius 1 is 0.283 bits per heavy atom. The molecule has 0 aromatic heterocycles. The zero-order valence-electron chi connectivity index (χ0n) is 81.2. The first-order valence-electron chi connectivity index (χ1n) is 50.1. The number of hydrogen-bond acceptors (Lipinski definition) is 22. The first kappa shape index (κ1) is 118. The molecular formula is C97H186O22S. The maximum atomic E-state index is 11.2. The van der Waals surface area contributed by atoms with Crippen molar-refractivity contribution in [3.8, 4) is 0 Å². The molecule has 16 saturated heterocycles. The highest BCUT2D eigenvalue weighted by Gasteiger charge is 2.61. The lowest BCUT2D eigenvalue weighted by molar-refractivity contribution is -0.147. The number of carbonyl (C=O) groups excluding carboxylic acids is 6. The second-order valence-corrected chi connectivity index (χ2v) is 32.1. The zero-order valence-corrected chi connectivity index (χ0v) is 82.0. The monoisotopic (exact) mass is 1740 g/mol. The summed E-state index contributed by atoms with van der Waals surface area (Å²) in [4.78, 5) is 63.6. The smallest absolute Gasteiger partial charge is 0.312 e. The summed E-state index contributed by atoms with van der Waals surface area (Å²) >= 11 is 0. The molecule has 23 heteroatoms. The highest BCUT2D eigenvalue weighted by atomic mass is 32.2. The molecule has 120 heavy (non-hydrogen) atoms. The van der Waals surface area contributed by atoms with Gasteiger partial charge in [0, 0.05) is 84.3 Å². The maximum absolute atomic E-state index is 11.2. The number of rotatable bonds is 0. The molecule has 16 heterocycles. The molecule has 0 radical (unpaired) electrons. The van der Waals surface area contributed by atoms with Gasteiger partial charge in [-0.25, -0.2) is 0 Å². The Morgan fingerprint density at radius 3 is 1.12 bits per heavy atom. The summed E-state index contributed by atoms with van der Waals surface area (Å²) in [6.07, 6.45) is 43.3.